The zero-order valence-electron chi connectivity index (χ0n) is 73.5. The number of anilines is 5. The van der Waals surface area contributed by atoms with Crippen LogP contribution in [0.1, 0.15) is 100 Å². The SMILES string of the molecule is CCC(C(=O)Nc1cc(-c2cn3cccnc3n2)ccc1C)c1ccccc1.Cc1ccc(-c2cn3cccnc3n2)cc1NC(=O)Cc1ccccc1.Cc1ccc(-c2cn3cccnc3n2)cc1NC(=O)c1ccccc1C.Cc1ccc(-c2cn3cccnc3n2)cc1NC(=O)c1ccccc1C.Cc1ccc(-c2cn3cccnc3n2)cc1NC(=O)c1ccccc1Cl. The van der Waals surface area contributed by atoms with Crippen LogP contribution < -0.4 is 26.6 Å². The van der Waals surface area contributed by atoms with Gasteiger partial charge < -0.3 is 26.6 Å². The molecule has 1 atom stereocenters. The summed E-state index contributed by atoms with van der Waals surface area (Å²) in [5, 5.41) is 15.5. The zero-order chi connectivity index (χ0) is 91.7. The molecule has 10 aromatic carbocycles. The smallest absolute Gasteiger partial charge is 0.257 e. The number of nitrogens with zero attached hydrogens (tertiary/aromatic N) is 15. The minimum Gasteiger partial charge on any atom is -0.326 e. The van der Waals surface area contributed by atoms with Crippen LogP contribution in [0.5, 0.6) is 0 Å². The average molecular weight is 1760 g/mol. The number of fused-ring (bicyclic) bond motifs is 5. The molecule has 0 fully saturated rings. The maximum Gasteiger partial charge on any atom is 0.257 e. The van der Waals surface area contributed by atoms with E-state index in [1.54, 1.807) is 55.2 Å². The van der Waals surface area contributed by atoms with E-state index in [0.29, 0.717) is 57.0 Å². The van der Waals surface area contributed by atoms with Crippen molar-refractivity contribution in [2.24, 2.45) is 0 Å². The quantitative estimate of drug-likeness (QED) is 0.0533. The molecule has 20 rings (SSSR count). The third kappa shape index (κ3) is 21.3. The van der Waals surface area contributed by atoms with Crippen LogP contribution in [0.2, 0.25) is 5.02 Å². The number of carbonyl (C=O) groups is 5. The minimum absolute atomic E-state index is 0.00520. The van der Waals surface area contributed by atoms with Crippen LogP contribution in [-0.2, 0) is 16.0 Å². The van der Waals surface area contributed by atoms with Gasteiger partial charge in [-0.15, -0.1) is 0 Å². The van der Waals surface area contributed by atoms with E-state index in [0.717, 1.165) is 141 Å². The summed E-state index contributed by atoms with van der Waals surface area (Å²) in [6.45, 7) is 15.8. The summed E-state index contributed by atoms with van der Waals surface area (Å²) in [7, 11) is 0. The summed E-state index contributed by atoms with van der Waals surface area (Å²) in [5.74, 6) is 2.55. The van der Waals surface area contributed by atoms with Crippen LogP contribution in [0.25, 0.3) is 85.2 Å². The molecule has 5 amide bonds. The Morgan fingerprint density at radius 3 is 0.894 bits per heavy atom. The second-order valence-corrected chi connectivity index (χ2v) is 31.9. The summed E-state index contributed by atoms with van der Waals surface area (Å²) in [6.07, 6.45) is 28.9. The van der Waals surface area contributed by atoms with Crippen molar-refractivity contribution in [3.63, 3.8) is 0 Å². The molecule has 0 aliphatic heterocycles. The lowest BCUT2D eigenvalue weighted by molar-refractivity contribution is -0.118. The molecule has 10 aromatic heterocycles. The molecule has 0 bridgehead atoms. The number of imidazole rings is 5. The van der Waals surface area contributed by atoms with E-state index >= 15 is 0 Å². The van der Waals surface area contributed by atoms with Gasteiger partial charge in [0.15, 0.2) is 0 Å². The molecular weight excluding hydrogens is 1670 g/mol. The molecule has 25 nitrogen and oxygen atoms in total. The number of aromatic nitrogens is 15. The Kier molecular flexibility index (Phi) is 27.3. The van der Waals surface area contributed by atoms with E-state index in [4.69, 9.17) is 11.6 Å². The highest BCUT2D eigenvalue weighted by Gasteiger charge is 2.22. The van der Waals surface area contributed by atoms with E-state index in [1.165, 1.54) is 0 Å². The van der Waals surface area contributed by atoms with Gasteiger partial charge in [-0.25, -0.2) is 49.8 Å². The maximum absolute atomic E-state index is 12.9. The van der Waals surface area contributed by atoms with E-state index in [2.05, 4.69) is 76.4 Å². The van der Waals surface area contributed by atoms with Gasteiger partial charge in [0.05, 0.1) is 51.4 Å². The van der Waals surface area contributed by atoms with Gasteiger partial charge in [0, 0.05) is 160 Å². The highest BCUT2D eigenvalue weighted by molar-refractivity contribution is 6.34. The average Bonchev–Trinajstić information content (AvgIpc) is 1.67. The number of nitrogens with one attached hydrogen (secondary N) is 5. The normalized spacial score (nSPS) is 11.1. The molecule has 5 N–H and O–H groups in total. The number of halogens is 1. The van der Waals surface area contributed by atoms with Gasteiger partial charge in [-0.1, -0.05) is 188 Å². The molecule has 0 radical (unpaired) electrons. The lowest BCUT2D eigenvalue weighted by atomic mass is 9.95. The number of hydrogen-bond donors (Lipinski definition) is 5. The van der Waals surface area contributed by atoms with E-state index in [9.17, 15) is 24.0 Å². The first-order valence-electron chi connectivity index (χ1n) is 42.7. The molecule has 10 heterocycles. The number of benzene rings is 10. The lowest BCUT2D eigenvalue weighted by Crippen LogP contribution is -2.21. The highest BCUT2D eigenvalue weighted by atomic mass is 35.5. The van der Waals surface area contributed by atoms with E-state index in [1.807, 2.05) is 370 Å². The molecule has 0 saturated carbocycles. The molecule has 0 spiro atoms. The summed E-state index contributed by atoms with van der Waals surface area (Å²) < 4.78 is 9.37. The predicted octanol–water partition coefficient (Wildman–Crippen LogP) is 21.9. The Hall–Kier alpha value is -17.1. The Morgan fingerprint density at radius 1 is 0.303 bits per heavy atom. The molecule has 0 aliphatic rings. The van der Waals surface area contributed by atoms with Gasteiger partial charge in [0.2, 0.25) is 40.7 Å². The number of rotatable bonds is 18. The Morgan fingerprint density at radius 2 is 0.583 bits per heavy atom. The molecule has 26 heteroatoms. The van der Waals surface area contributed by atoms with Gasteiger partial charge in [0.25, 0.3) is 17.7 Å². The molecule has 20 aromatic rings. The fraction of sp³-hybridized carbons (Fsp3) is 0.104. The number of hydrogen-bond acceptors (Lipinski definition) is 15. The van der Waals surface area contributed by atoms with Crippen molar-refractivity contribution in [3.8, 4) is 56.3 Å². The van der Waals surface area contributed by atoms with Crippen LogP contribution in [0.15, 0.2) is 348 Å². The van der Waals surface area contributed by atoms with Gasteiger partial charge in [0.1, 0.15) is 0 Å². The first-order valence-corrected chi connectivity index (χ1v) is 43.1. The minimum atomic E-state index is -0.243. The van der Waals surface area contributed by atoms with Crippen molar-refractivity contribution >= 4 is 98.5 Å². The molecule has 0 saturated heterocycles. The van der Waals surface area contributed by atoms with Crippen molar-refractivity contribution in [2.75, 3.05) is 26.6 Å². The van der Waals surface area contributed by atoms with E-state index in [-0.39, 0.29) is 35.5 Å². The summed E-state index contributed by atoms with van der Waals surface area (Å²) in [5.41, 5.74) is 23.3. The molecule has 0 aliphatic carbocycles. The molecule has 132 heavy (non-hydrogen) atoms. The van der Waals surface area contributed by atoms with Gasteiger partial charge in [-0.2, -0.15) is 0 Å². The van der Waals surface area contributed by atoms with Crippen LogP contribution in [0, 0.1) is 48.5 Å². The Balaban J connectivity index is 0.000000120. The second kappa shape index (κ2) is 40.7. The summed E-state index contributed by atoms with van der Waals surface area (Å²) in [4.78, 5) is 107. The number of amides is 5. The third-order valence-corrected chi connectivity index (χ3v) is 22.5. The third-order valence-electron chi connectivity index (χ3n) is 22.2. The van der Waals surface area contributed by atoms with Gasteiger partial charge in [-0.3, -0.25) is 46.0 Å². The number of aryl methyl sites for hydroxylation is 7. The fourth-order valence-corrected chi connectivity index (χ4v) is 15.0. The maximum atomic E-state index is 12.9. The Labute approximate surface area is 766 Å². The standard InChI is InChI=1S/C23H22N4O.3C21H18N4O.C20H15ClN4O/c1-3-19(17-8-5-4-6-9-17)22(28)25-20-14-18(11-10-16(20)2)21-15-27-13-7-12-24-23(27)26-21;2*1-14-6-3-4-7-17(14)20(26)23-18-12-16(9-8-15(18)2)19-13-25-11-5-10-22-21(25)24-19;1-15-8-9-17(19-14-25-11-5-10-22-21(25)24-19)13-18(15)23-20(26)12-16-6-3-2-4-7-16;1-13-7-8-14(18-12-25-10-4-9-22-20(25)24-18)11-17(13)23-19(26)15-5-2-3-6-16(15)21/h4-15,19H,3H2,1-2H3,(H,25,28);2*3-13H,1-2H3,(H,23,26);2-11,13-14H,12H2,1H3,(H,23,26);2-12H,1H3,(H,23,26). The zero-order valence-corrected chi connectivity index (χ0v) is 74.3. The van der Waals surface area contributed by atoms with Crippen molar-refractivity contribution in [2.45, 2.75) is 74.1 Å². The van der Waals surface area contributed by atoms with Crippen LogP contribution in [0.4, 0.5) is 28.4 Å². The van der Waals surface area contributed by atoms with Crippen molar-refractivity contribution in [1.29, 1.82) is 0 Å². The first-order chi connectivity index (χ1) is 64.2. The monoisotopic (exact) mass is 1760 g/mol. The van der Waals surface area contributed by atoms with Crippen LogP contribution in [0.3, 0.4) is 0 Å². The largest absolute Gasteiger partial charge is 0.326 e. The topological polar surface area (TPSA) is 296 Å². The fourth-order valence-electron chi connectivity index (χ4n) is 14.7. The first kappa shape index (κ1) is 88.4. The van der Waals surface area contributed by atoms with Crippen LogP contribution >= 0.6 is 11.6 Å². The van der Waals surface area contributed by atoms with Crippen molar-refractivity contribution in [1.82, 2.24) is 71.8 Å². The highest BCUT2D eigenvalue weighted by Crippen LogP contribution is 2.34. The van der Waals surface area contributed by atoms with E-state index < -0.39 is 0 Å². The summed E-state index contributed by atoms with van der Waals surface area (Å²) >= 11 is 6.12. The van der Waals surface area contributed by atoms with Crippen LogP contribution in [-0.4, -0.2) is 101 Å². The predicted molar refractivity (Wildman–Crippen MR) is 520 cm³/mol. The van der Waals surface area contributed by atoms with Crippen molar-refractivity contribution in [3.05, 3.63) is 420 Å². The number of carbonyl (C=O) groups excluding carboxylic acids is 5. The second-order valence-electron chi connectivity index (χ2n) is 31.5. The molecule has 652 valence electrons. The molecule has 1 unspecified atom stereocenters. The molecular formula is C106H91ClN20O5. The lowest BCUT2D eigenvalue weighted by Gasteiger charge is -2.17. The summed E-state index contributed by atoms with van der Waals surface area (Å²) in [6, 6.07) is 80.7. The van der Waals surface area contributed by atoms with Gasteiger partial charge >= 0.3 is 0 Å². The van der Waals surface area contributed by atoms with Gasteiger partial charge in [-0.05, 0) is 190 Å². The Bertz CT molecular complexity index is 7020. The van der Waals surface area contributed by atoms with Crippen molar-refractivity contribution < 1.29 is 24.0 Å².